The van der Waals surface area contributed by atoms with Crippen LogP contribution in [0.3, 0.4) is 0 Å². The normalized spacial score (nSPS) is 13.8. The lowest BCUT2D eigenvalue weighted by molar-refractivity contribution is -0.115. The second-order valence-electron chi connectivity index (χ2n) is 7.45. The van der Waals surface area contributed by atoms with Gasteiger partial charge in [0, 0.05) is 42.6 Å². The Morgan fingerprint density at radius 1 is 0.833 bits per heavy atom. The van der Waals surface area contributed by atoms with Gasteiger partial charge in [-0.2, -0.15) is 0 Å². The van der Waals surface area contributed by atoms with Gasteiger partial charge in [-0.1, -0.05) is 18.9 Å². The van der Waals surface area contributed by atoms with Crippen LogP contribution in [-0.2, 0) is 9.59 Å². The van der Waals surface area contributed by atoms with Crippen LogP contribution in [0.4, 0.5) is 17.1 Å². The number of carbonyl (C=O) groups is 3. The summed E-state index contributed by atoms with van der Waals surface area (Å²) in [6, 6.07) is 14.2. The number of nitrogens with zero attached hydrogens (tertiary/aromatic N) is 1. The summed E-state index contributed by atoms with van der Waals surface area (Å²) in [4.78, 5) is 37.9. The van der Waals surface area contributed by atoms with E-state index in [0.717, 1.165) is 31.6 Å². The molecule has 2 aromatic rings. The molecule has 0 bridgehead atoms. The summed E-state index contributed by atoms with van der Waals surface area (Å²) in [5.74, 6) is -0.301. The monoisotopic (exact) mass is 408 g/mol. The van der Waals surface area contributed by atoms with Crippen LogP contribution < -0.4 is 16.0 Å². The molecule has 7 heteroatoms. The summed E-state index contributed by atoms with van der Waals surface area (Å²) < 4.78 is 0. The second-order valence-corrected chi connectivity index (χ2v) is 7.45. The van der Waals surface area contributed by atoms with Crippen LogP contribution in [-0.4, -0.2) is 42.3 Å². The molecule has 1 heterocycles. The van der Waals surface area contributed by atoms with Gasteiger partial charge in [-0.15, -0.1) is 0 Å². The number of likely N-dealkylation sites (tertiary alicyclic amines) is 1. The lowest BCUT2D eigenvalue weighted by atomic mass is 10.1. The first-order valence-corrected chi connectivity index (χ1v) is 10.3. The summed E-state index contributed by atoms with van der Waals surface area (Å²) in [6.45, 7) is 3.15. The molecule has 158 valence electrons. The topological polar surface area (TPSA) is 90.5 Å². The zero-order chi connectivity index (χ0) is 21.3. The van der Waals surface area contributed by atoms with Crippen molar-refractivity contribution in [1.82, 2.24) is 4.90 Å². The van der Waals surface area contributed by atoms with Crippen molar-refractivity contribution in [3.05, 3.63) is 54.1 Å². The third-order valence-electron chi connectivity index (χ3n) is 4.94. The van der Waals surface area contributed by atoms with Crippen LogP contribution in [0.15, 0.2) is 48.5 Å². The highest BCUT2D eigenvalue weighted by Crippen LogP contribution is 2.17. The van der Waals surface area contributed by atoms with Gasteiger partial charge in [-0.3, -0.25) is 14.4 Å². The van der Waals surface area contributed by atoms with E-state index in [0.29, 0.717) is 16.9 Å². The SMILES string of the molecule is CC(=O)Nc1cccc(NCC(=O)Nc2ccc(C(=O)N3CCCCCC3)cc2)c1. The highest BCUT2D eigenvalue weighted by atomic mass is 16.2. The van der Waals surface area contributed by atoms with Crippen LogP contribution in [0, 0.1) is 0 Å². The number of carbonyl (C=O) groups excluding carboxylic acids is 3. The van der Waals surface area contributed by atoms with Crippen molar-refractivity contribution in [3.63, 3.8) is 0 Å². The lowest BCUT2D eigenvalue weighted by Crippen LogP contribution is -2.31. The van der Waals surface area contributed by atoms with E-state index in [2.05, 4.69) is 16.0 Å². The average Bonchev–Trinajstić information content (AvgIpc) is 3.02. The van der Waals surface area contributed by atoms with Gasteiger partial charge in [-0.05, 0) is 55.3 Å². The molecule has 3 rings (SSSR count). The maximum Gasteiger partial charge on any atom is 0.253 e. The van der Waals surface area contributed by atoms with E-state index in [9.17, 15) is 14.4 Å². The van der Waals surface area contributed by atoms with Crippen molar-refractivity contribution in [1.29, 1.82) is 0 Å². The summed E-state index contributed by atoms with van der Waals surface area (Å²) in [6.07, 6.45) is 4.47. The fourth-order valence-corrected chi connectivity index (χ4v) is 3.45. The molecule has 1 aliphatic heterocycles. The number of amides is 3. The first kappa shape index (κ1) is 21.4. The highest BCUT2D eigenvalue weighted by Gasteiger charge is 2.17. The molecule has 0 radical (unpaired) electrons. The summed E-state index contributed by atoms with van der Waals surface area (Å²) in [7, 11) is 0. The lowest BCUT2D eigenvalue weighted by Gasteiger charge is -2.20. The Morgan fingerprint density at radius 2 is 1.50 bits per heavy atom. The minimum Gasteiger partial charge on any atom is -0.376 e. The molecule has 0 saturated carbocycles. The Bertz CT molecular complexity index is 888. The molecule has 0 spiro atoms. The number of rotatable bonds is 6. The van der Waals surface area contributed by atoms with E-state index in [1.165, 1.54) is 19.8 Å². The van der Waals surface area contributed by atoms with Crippen molar-refractivity contribution < 1.29 is 14.4 Å². The standard InChI is InChI=1S/C23H28N4O3/c1-17(28)25-21-8-6-7-20(15-21)24-16-22(29)26-19-11-9-18(10-12-19)23(30)27-13-4-2-3-5-14-27/h6-12,15,24H,2-5,13-14,16H2,1H3,(H,25,28)(H,26,29). The van der Waals surface area contributed by atoms with Gasteiger partial charge in [0.2, 0.25) is 11.8 Å². The first-order chi connectivity index (χ1) is 14.5. The van der Waals surface area contributed by atoms with E-state index >= 15 is 0 Å². The van der Waals surface area contributed by atoms with Crippen molar-refractivity contribution in [2.75, 3.05) is 35.6 Å². The summed E-state index contributed by atoms with van der Waals surface area (Å²) in [5.41, 5.74) is 2.68. The third kappa shape index (κ3) is 6.34. The van der Waals surface area contributed by atoms with Gasteiger partial charge in [-0.25, -0.2) is 0 Å². The summed E-state index contributed by atoms with van der Waals surface area (Å²) >= 11 is 0. The van der Waals surface area contributed by atoms with Crippen molar-refractivity contribution in [3.8, 4) is 0 Å². The molecule has 2 aromatic carbocycles. The van der Waals surface area contributed by atoms with E-state index in [1.807, 2.05) is 11.0 Å². The largest absolute Gasteiger partial charge is 0.376 e. The van der Waals surface area contributed by atoms with E-state index in [-0.39, 0.29) is 24.3 Å². The van der Waals surface area contributed by atoms with Crippen LogP contribution in [0.2, 0.25) is 0 Å². The molecule has 7 nitrogen and oxygen atoms in total. The smallest absolute Gasteiger partial charge is 0.253 e. The zero-order valence-electron chi connectivity index (χ0n) is 17.2. The van der Waals surface area contributed by atoms with E-state index < -0.39 is 0 Å². The van der Waals surface area contributed by atoms with Gasteiger partial charge < -0.3 is 20.9 Å². The Balaban J connectivity index is 1.51. The summed E-state index contributed by atoms with van der Waals surface area (Å²) in [5, 5.41) is 8.55. The molecule has 1 fully saturated rings. The molecule has 3 amide bonds. The number of benzene rings is 2. The molecule has 0 aliphatic carbocycles. The third-order valence-corrected chi connectivity index (χ3v) is 4.94. The van der Waals surface area contributed by atoms with Crippen molar-refractivity contribution in [2.24, 2.45) is 0 Å². The number of hydrogen-bond acceptors (Lipinski definition) is 4. The van der Waals surface area contributed by atoms with Gasteiger partial charge >= 0.3 is 0 Å². The van der Waals surface area contributed by atoms with Crippen molar-refractivity contribution >= 4 is 34.8 Å². The zero-order valence-corrected chi connectivity index (χ0v) is 17.2. The number of nitrogens with one attached hydrogen (secondary N) is 3. The molecule has 30 heavy (non-hydrogen) atoms. The maximum atomic E-state index is 12.6. The van der Waals surface area contributed by atoms with Crippen LogP contribution in [0.25, 0.3) is 0 Å². The minimum absolute atomic E-state index is 0.0514. The van der Waals surface area contributed by atoms with Gasteiger partial charge in [0.15, 0.2) is 0 Å². The van der Waals surface area contributed by atoms with Gasteiger partial charge in [0.1, 0.15) is 0 Å². The quantitative estimate of drug-likeness (QED) is 0.680. The van der Waals surface area contributed by atoms with E-state index in [4.69, 9.17) is 0 Å². The highest BCUT2D eigenvalue weighted by molar-refractivity contribution is 5.97. The molecule has 0 atom stereocenters. The van der Waals surface area contributed by atoms with Gasteiger partial charge in [0.05, 0.1) is 6.54 Å². The molecule has 1 aliphatic rings. The molecule has 1 saturated heterocycles. The predicted molar refractivity (Wildman–Crippen MR) is 119 cm³/mol. The molecular weight excluding hydrogens is 380 g/mol. The van der Waals surface area contributed by atoms with Crippen molar-refractivity contribution in [2.45, 2.75) is 32.6 Å². The Hall–Kier alpha value is -3.35. The fourth-order valence-electron chi connectivity index (χ4n) is 3.45. The van der Waals surface area contributed by atoms with Crippen LogP contribution in [0.1, 0.15) is 43.0 Å². The maximum absolute atomic E-state index is 12.6. The second kappa shape index (κ2) is 10.4. The number of anilines is 3. The minimum atomic E-state index is -0.202. The van der Waals surface area contributed by atoms with Crippen LogP contribution in [0.5, 0.6) is 0 Å². The van der Waals surface area contributed by atoms with E-state index in [1.54, 1.807) is 42.5 Å². The van der Waals surface area contributed by atoms with Crippen LogP contribution >= 0.6 is 0 Å². The Kier molecular flexibility index (Phi) is 7.43. The molecule has 3 N–H and O–H groups in total. The average molecular weight is 409 g/mol. The molecule has 0 aromatic heterocycles. The molecule has 0 unspecified atom stereocenters. The van der Waals surface area contributed by atoms with Gasteiger partial charge in [0.25, 0.3) is 5.91 Å². The Morgan fingerprint density at radius 3 is 2.17 bits per heavy atom. The Labute approximate surface area is 176 Å². The number of hydrogen-bond donors (Lipinski definition) is 3. The fraction of sp³-hybridized carbons (Fsp3) is 0.348. The molecular formula is C23H28N4O3. The predicted octanol–water partition coefficient (Wildman–Crippen LogP) is 3.71. The first-order valence-electron chi connectivity index (χ1n) is 10.3.